The summed E-state index contributed by atoms with van der Waals surface area (Å²) in [6, 6.07) is 13.9. The molecule has 3 aromatic carbocycles. The lowest BCUT2D eigenvalue weighted by Gasteiger charge is -2.42. The summed E-state index contributed by atoms with van der Waals surface area (Å²) < 4.78 is 27.8. The Morgan fingerprint density at radius 3 is 2.37 bits per heavy atom. The number of piperidine rings is 1. The number of hydrogen-bond acceptors (Lipinski definition) is 3. The van der Waals surface area contributed by atoms with E-state index in [2.05, 4.69) is 4.90 Å². The summed E-state index contributed by atoms with van der Waals surface area (Å²) in [7, 11) is 0. The van der Waals surface area contributed by atoms with Gasteiger partial charge in [0.2, 0.25) is 5.91 Å². The van der Waals surface area contributed by atoms with Crippen molar-refractivity contribution in [3.63, 3.8) is 0 Å². The number of nitrogens with zero attached hydrogens (tertiary/aromatic N) is 3. The number of likely N-dealkylation sites (tertiary alicyclic amines) is 1. The first-order chi connectivity index (χ1) is 19.7. The zero-order chi connectivity index (χ0) is 28.9. The van der Waals surface area contributed by atoms with Gasteiger partial charge in [-0.1, -0.05) is 29.3 Å². The van der Waals surface area contributed by atoms with Crippen LogP contribution in [0.15, 0.2) is 54.6 Å². The van der Waals surface area contributed by atoms with Crippen molar-refractivity contribution in [1.29, 1.82) is 0 Å². The molecule has 1 unspecified atom stereocenters. The summed E-state index contributed by atoms with van der Waals surface area (Å²) in [4.78, 5) is 32.0. The molecule has 0 saturated carbocycles. The van der Waals surface area contributed by atoms with Crippen LogP contribution >= 0.6 is 23.2 Å². The lowest BCUT2D eigenvalue weighted by atomic mass is 9.74. The molecule has 3 heterocycles. The summed E-state index contributed by atoms with van der Waals surface area (Å²) >= 11 is 12.9. The Hall–Kier alpha value is -3.00. The first-order valence-electron chi connectivity index (χ1n) is 14.0. The highest BCUT2D eigenvalue weighted by Crippen LogP contribution is 2.47. The lowest BCUT2D eigenvalue weighted by Crippen LogP contribution is -2.47. The van der Waals surface area contributed by atoms with Crippen molar-refractivity contribution in [3.05, 3.63) is 98.5 Å². The second-order valence-corrected chi connectivity index (χ2v) is 12.2. The fourth-order valence-electron chi connectivity index (χ4n) is 6.90. The molecular weight excluding hydrogens is 567 g/mol. The van der Waals surface area contributed by atoms with E-state index in [9.17, 15) is 18.4 Å². The van der Waals surface area contributed by atoms with Crippen LogP contribution in [-0.4, -0.2) is 54.3 Å². The molecule has 0 bridgehead atoms. The van der Waals surface area contributed by atoms with Crippen LogP contribution in [0.3, 0.4) is 0 Å². The van der Waals surface area contributed by atoms with Crippen molar-refractivity contribution >= 4 is 40.7 Å². The summed E-state index contributed by atoms with van der Waals surface area (Å²) in [5, 5.41) is 1.03. The highest BCUT2D eigenvalue weighted by Gasteiger charge is 2.46. The third-order valence-corrected chi connectivity index (χ3v) is 9.96. The molecule has 214 valence electrons. The minimum atomic E-state index is -0.384. The minimum Gasteiger partial charge on any atom is -0.331 e. The highest BCUT2D eigenvalue weighted by molar-refractivity contribution is 6.42. The summed E-state index contributed by atoms with van der Waals surface area (Å²) in [6.45, 7) is 4.97. The molecular formula is C32H31Cl2F2N3O2. The number of hydrogen-bond donors (Lipinski definition) is 0. The number of rotatable bonds is 4. The zero-order valence-electron chi connectivity index (χ0n) is 22.8. The molecule has 0 aliphatic carbocycles. The number of benzene rings is 3. The van der Waals surface area contributed by atoms with Crippen molar-refractivity contribution in [2.24, 2.45) is 0 Å². The smallest absolute Gasteiger partial charge is 0.254 e. The molecule has 6 rings (SSSR count). The Labute approximate surface area is 248 Å². The van der Waals surface area contributed by atoms with E-state index >= 15 is 0 Å². The van der Waals surface area contributed by atoms with E-state index in [-0.39, 0.29) is 34.9 Å². The number of anilines is 1. The number of carbonyl (C=O) groups is 2. The molecule has 9 heteroatoms. The Morgan fingerprint density at radius 2 is 1.66 bits per heavy atom. The Kier molecular flexibility index (Phi) is 7.55. The van der Waals surface area contributed by atoms with Crippen LogP contribution < -0.4 is 4.90 Å². The van der Waals surface area contributed by atoms with E-state index in [1.165, 1.54) is 30.3 Å². The van der Waals surface area contributed by atoms with Crippen molar-refractivity contribution in [1.82, 2.24) is 9.80 Å². The average molecular weight is 599 g/mol. The molecule has 3 aliphatic rings. The molecule has 0 aromatic heterocycles. The predicted molar refractivity (Wildman–Crippen MR) is 157 cm³/mol. The van der Waals surface area contributed by atoms with Gasteiger partial charge in [0, 0.05) is 43.2 Å². The first-order valence-corrected chi connectivity index (χ1v) is 14.8. The lowest BCUT2D eigenvalue weighted by molar-refractivity contribution is -0.116. The van der Waals surface area contributed by atoms with Crippen LogP contribution in [0.1, 0.15) is 59.3 Å². The molecule has 2 amide bonds. The van der Waals surface area contributed by atoms with Gasteiger partial charge in [-0.15, -0.1) is 0 Å². The number of amides is 2. The monoisotopic (exact) mass is 597 g/mol. The third-order valence-electron chi connectivity index (χ3n) is 9.12. The van der Waals surface area contributed by atoms with Gasteiger partial charge in [0.1, 0.15) is 11.6 Å². The van der Waals surface area contributed by atoms with Crippen molar-refractivity contribution in [3.8, 4) is 0 Å². The van der Waals surface area contributed by atoms with Gasteiger partial charge in [-0.2, -0.15) is 0 Å². The predicted octanol–water partition coefficient (Wildman–Crippen LogP) is 6.80. The van der Waals surface area contributed by atoms with Gasteiger partial charge >= 0.3 is 0 Å². The first kappa shape index (κ1) is 28.1. The van der Waals surface area contributed by atoms with Crippen LogP contribution in [0, 0.1) is 11.6 Å². The molecule has 0 N–H and O–H groups in total. The number of carbonyl (C=O) groups excluding carboxylic acids is 2. The Morgan fingerprint density at radius 1 is 0.951 bits per heavy atom. The Bertz CT molecular complexity index is 1510. The van der Waals surface area contributed by atoms with Gasteiger partial charge in [-0.05, 0) is 104 Å². The van der Waals surface area contributed by atoms with Crippen molar-refractivity contribution in [2.75, 3.05) is 37.6 Å². The molecule has 5 nitrogen and oxygen atoms in total. The minimum absolute atomic E-state index is 0.0298. The number of fused-ring (bicyclic) bond motifs is 3. The molecule has 41 heavy (non-hydrogen) atoms. The second kappa shape index (κ2) is 11.0. The van der Waals surface area contributed by atoms with Gasteiger partial charge in [0.15, 0.2) is 0 Å². The normalized spacial score (nSPS) is 19.8. The van der Waals surface area contributed by atoms with Crippen LogP contribution in [-0.2, 0) is 16.6 Å². The van der Waals surface area contributed by atoms with Crippen LogP contribution in [0.25, 0.3) is 0 Å². The average Bonchev–Trinajstić information content (AvgIpc) is 3.27. The number of halogens is 4. The van der Waals surface area contributed by atoms with Crippen molar-refractivity contribution in [2.45, 2.75) is 44.1 Å². The third kappa shape index (κ3) is 5.13. The molecule has 1 spiro atoms. The van der Waals surface area contributed by atoms with Gasteiger partial charge in [-0.3, -0.25) is 9.59 Å². The van der Waals surface area contributed by atoms with Crippen molar-refractivity contribution < 1.29 is 18.4 Å². The fourth-order valence-corrected chi connectivity index (χ4v) is 7.35. The van der Waals surface area contributed by atoms with Crippen LogP contribution in [0.5, 0.6) is 0 Å². The van der Waals surface area contributed by atoms with E-state index in [0.29, 0.717) is 41.5 Å². The molecule has 1 atom stereocenters. The fraction of sp³-hybridized carbons (Fsp3) is 0.375. The standard InChI is InChI=1S/C32H31Cl2F2N3O2/c1-20(40)39-19-32(26-18-23(36)6-9-29(26)39)12-16-37(17-13-32)14-11-28-24-7-8-27(33)30(34)25(24)10-15-38(28)31(41)21-2-4-22(35)5-3-21/h2-9,18,28H,10-17,19H2,1H3. The molecule has 3 aromatic rings. The maximum atomic E-state index is 14.3. The highest BCUT2D eigenvalue weighted by atomic mass is 35.5. The Balaban J connectivity index is 1.21. The van der Waals surface area contributed by atoms with E-state index < -0.39 is 0 Å². The largest absolute Gasteiger partial charge is 0.331 e. The maximum absolute atomic E-state index is 14.3. The topological polar surface area (TPSA) is 43.9 Å². The van der Waals surface area contributed by atoms with Gasteiger partial charge < -0.3 is 14.7 Å². The summed E-state index contributed by atoms with van der Waals surface area (Å²) in [6.07, 6.45) is 2.91. The van der Waals surface area contributed by atoms with E-state index in [0.717, 1.165) is 54.9 Å². The van der Waals surface area contributed by atoms with Gasteiger partial charge in [-0.25, -0.2) is 8.78 Å². The second-order valence-electron chi connectivity index (χ2n) is 11.4. The SMILES string of the molecule is CC(=O)N1CC2(CCN(CCC3c4ccc(Cl)c(Cl)c4CCN3C(=O)c3ccc(F)cc3)CC2)c2cc(F)ccc21. The molecule has 0 radical (unpaired) electrons. The van der Waals surface area contributed by atoms with Crippen LogP contribution in [0.4, 0.5) is 14.5 Å². The quantitative estimate of drug-likeness (QED) is 0.332. The molecule has 3 aliphatic heterocycles. The molecule has 1 fully saturated rings. The molecule has 1 saturated heterocycles. The van der Waals surface area contributed by atoms with Crippen LogP contribution in [0.2, 0.25) is 10.0 Å². The maximum Gasteiger partial charge on any atom is 0.254 e. The van der Waals surface area contributed by atoms with E-state index in [1.807, 2.05) is 11.0 Å². The van der Waals surface area contributed by atoms with Gasteiger partial charge in [0.25, 0.3) is 5.91 Å². The summed E-state index contributed by atoms with van der Waals surface area (Å²) in [5.74, 6) is -0.835. The summed E-state index contributed by atoms with van der Waals surface area (Å²) in [5.41, 5.74) is 3.90. The zero-order valence-corrected chi connectivity index (χ0v) is 24.3. The van der Waals surface area contributed by atoms with E-state index in [1.54, 1.807) is 30.0 Å². The van der Waals surface area contributed by atoms with Gasteiger partial charge in [0.05, 0.1) is 16.1 Å². The van der Waals surface area contributed by atoms with E-state index in [4.69, 9.17) is 23.2 Å².